The number of nitrogens with one attached hydrogen (secondary N) is 1. The largest absolute Gasteiger partial charge is 0.354 e. The van der Waals surface area contributed by atoms with Gasteiger partial charge in [-0.2, -0.15) is 11.8 Å². The lowest BCUT2D eigenvalue weighted by Crippen LogP contribution is -2.40. The van der Waals surface area contributed by atoms with Crippen LogP contribution in [0.25, 0.3) is 0 Å². The Morgan fingerprint density at radius 2 is 1.82 bits per heavy atom. The molecule has 0 saturated heterocycles. The maximum atomic E-state index is 12.2. The summed E-state index contributed by atoms with van der Waals surface area (Å²) in [5.74, 6) is 1.41. The van der Waals surface area contributed by atoms with Crippen molar-refractivity contribution in [1.82, 2.24) is 5.32 Å². The molecule has 0 aromatic heterocycles. The molecule has 1 amide bonds. The van der Waals surface area contributed by atoms with Crippen LogP contribution in [0.5, 0.6) is 0 Å². The number of thioether (sulfide) groups is 1. The molecule has 0 aliphatic carbocycles. The highest BCUT2D eigenvalue weighted by Crippen LogP contribution is 2.21. The van der Waals surface area contributed by atoms with Crippen LogP contribution in [0.4, 0.5) is 5.69 Å². The summed E-state index contributed by atoms with van der Waals surface area (Å²) in [6.45, 7) is 0.205. The molecule has 0 radical (unpaired) electrons. The van der Waals surface area contributed by atoms with Crippen LogP contribution < -0.4 is 9.62 Å². The smallest absolute Gasteiger partial charge is 0.240 e. The van der Waals surface area contributed by atoms with Crippen LogP contribution in [0.3, 0.4) is 0 Å². The molecular weight excluding hydrogens is 439 g/mol. The van der Waals surface area contributed by atoms with Crippen molar-refractivity contribution >= 4 is 56.6 Å². The van der Waals surface area contributed by atoms with Crippen molar-refractivity contribution < 1.29 is 13.2 Å². The van der Waals surface area contributed by atoms with E-state index in [0.29, 0.717) is 17.3 Å². The van der Waals surface area contributed by atoms with E-state index in [0.717, 1.165) is 33.5 Å². The summed E-state index contributed by atoms with van der Waals surface area (Å²) < 4.78 is 25.1. The Kier molecular flexibility index (Phi) is 8.95. The van der Waals surface area contributed by atoms with Crippen molar-refractivity contribution in [3.05, 3.63) is 64.1 Å². The van der Waals surface area contributed by atoms with E-state index in [4.69, 9.17) is 23.2 Å². The third kappa shape index (κ3) is 7.91. The number of amides is 1. The molecule has 1 N–H and O–H groups in total. The number of nitrogens with zero attached hydrogens (tertiary/aromatic N) is 1. The SMILES string of the molecule is CS(=O)(=O)N(CC(=O)NCCCSCc1ccc(Cl)cc1)c1cccc(Cl)c1. The van der Waals surface area contributed by atoms with Crippen LogP contribution in [0, 0.1) is 0 Å². The standard InChI is InChI=1S/C19H22Cl2N2O3S2/c1-28(25,26)23(18-5-2-4-17(21)12-18)13-19(24)22-10-3-11-27-14-15-6-8-16(20)9-7-15/h2,4-9,12H,3,10-11,13-14H2,1H3,(H,22,24). The van der Waals surface area contributed by atoms with E-state index in [2.05, 4.69) is 5.32 Å². The van der Waals surface area contributed by atoms with E-state index in [9.17, 15) is 13.2 Å². The predicted molar refractivity (Wildman–Crippen MR) is 119 cm³/mol. The van der Waals surface area contributed by atoms with E-state index in [1.54, 1.807) is 30.0 Å². The average Bonchev–Trinajstić information content (AvgIpc) is 2.63. The lowest BCUT2D eigenvalue weighted by Gasteiger charge is -2.22. The first-order valence-electron chi connectivity index (χ1n) is 8.58. The number of halogens is 2. The Morgan fingerprint density at radius 3 is 2.46 bits per heavy atom. The van der Waals surface area contributed by atoms with Gasteiger partial charge in [0.15, 0.2) is 0 Å². The first kappa shape index (κ1) is 22.9. The Labute approximate surface area is 180 Å². The number of anilines is 1. The maximum absolute atomic E-state index is 12.2. The van der Waals surface area contributed by atoms with E-state index in [1.807, 2.05) is 24.3 Å². The zero-order valence-corrected chi connectivity index (χ0v) is 18.5. The van der Waals surface area contributed by atoms with Crippen LogP contribution in [-0.4, -0.2) is 39.4 Å². The summed E-state index contributed by atoms with van der Waals surface area (Å²) in [6.07, 6.45) is 1.86. The highest BCUT2D eigenvalue weighted by Gasteiger charge is 2.20. The number of sulfonamides is 1. The molecule has 0 aliphatic heterocycles. The van der Waals surface area contributed by atoms with Crippen molar-refractivity contribution in [2.75, 3.05) is 29.4 Å². The number of hydrogen-bond donors (Lipinski definition) is 1. The Bertz CT molecular complexity index is 890. The maximum Gasteiger partial charge on any atom is 0.240 e. The Balaban J connectivity index is 1.74. The van der Waals surface area contributed by atoms with Crippen molar-refractivity contribution in [3.63, 3.8) is 0 Å². The Hall–Kier alpha value is -1.41. The topological polar surface area (TPSA) is 66.5 Å². The number of benzene rings is 2. The molecule has 2 aromatic rings. The van der Waals surface area contributed by atoms with Crippen molar-refractivity contribution in [2.24, 2.45) is 0 Å². The zero-order chi connectivity index (χ0) is 20.6. The molecule has 0 aliphatic rings. The molecular formula is C19H22Cl2N2O3S2. The minimum atomic E-state index is -3.60. The Morgan fingerprint density at radius 1 is 1.11 bits per heavy atom. The van der Waals surface area contributed by atoms with Gasteiger partial charge in [-0.1, -0.05) is 41.4 Å². The summed E-state index contributed by atoms with van der Waals surface area (Å²) in [5, 5.41) is 3.89. The molecule has 0 unspecified atom stereocenters. The summed E-state index contributed by atoms with van der Waals surface area (Å²) in [4.78, 5) is 12.2. The summed E-state index contributed by atoms with van der Waals surface area (Å²) >= 11 is 13.6. The second kappa shape index (κ2) is 11.0. The molecule has 0 fully saturated rings. The van der Waals surface area contributed by atoms with Crippen LogP contribution in [0.1, 0.15) is 12.0 Å². The fraction of sp³-hybridized carbons (Fsp3) is 0.316. The molecule has 0 saturated carbocycles. The average molecular weight is 461 g/mol. The molecule has 0 bridgehead atoms. The molecule has 28 heavy (non-hydrogen) atoms. The van der Waals surface area contributed by atoms with Gasteiger partial charge in [-0.3, -0.25) is 9.10 Å². The molecule has 5 nitrogen and oxygen atoms in total. The molecule has 0 spiro atoms. The van der Waals surface area contributed by atoms with Crippen LogP contribution >= 0.6 is 35.0 Å². The lowest BCUT2D eigenvalue weighted by molar-refractivity contribution is -0.119. The minimum Gasteiger partial charge on any atom is -0.354 e. The van der Waals surface area contributed by atoms with Crippen molar-refractivity contribution in [3.8, 4) is 0 Å². The second-order valence-corrected chi connectivity index (χ2v) is 10.0. The molecule has 0 heterocycles. The van der Waals surface area contributed by atoms with Gasteiger partial charge in [0.2, 0.25) is 15.9 Å². The number of rotatable bonds is 10. The zero-order valence-electron chi connectivity index (χ0n) is 15.4. The highest BCUT2D eigenvalue weighted by atomic mass is 35.5. The molecule has 152 valence electrons. The number of carbonyl (C=O) groups excluding carboxylic acids is 1. The van der Waals surface area contributed by atoms with Crippen LogP contribution in [0.15, 0.2) is 48.5 Å². The predicted octanol–water partition coefficient (Wildman–Crippen LogP) is 4.20. The van der Waals surface area contributed by atoms with Gasteiger partial charge in [0.1, 0.15) is 6.54 Å². The minimum absolute atomic E-state index is 0.281. The van der Waals surface area contributed by atoms with Crippen molar-refractivity contribution in [1.29, 1.82) is 0 Å². The van der Waals surface area contributed by atoms with Gasteiger partial charge in [-0.25, -0.2) is 8.42 Å². The normalized spacial score (nSPS) is 11.2. The van der Waals surface area contributed by atoms with Gasteiger partial charge in [-0.05, 0) is 48.1 Å². The van der Waals surface area contributed by atoms with Gasteiger partial charge >= 0.3 is 0 Å². The van der Waals surface area contributed by atoms with Crippen LogP contribution in [0.2, 0.25) is 10.0 Å². The van der Waals surface area contributed by atoms with E-state index < -0.39 is 10.0 Å². The van der Waals surface area contributed by atoms with Gasteiger partial charge in [0.25, 0.3) is 0 Å². The second-order valence-electron chi connectivity index (χ2n) is 6.13. The van der Waals surface area contributed by atoms with Gasteiger partial charge in [0.05, 0.1) is 11.9 Å². The van der Waals surface area contributed by atoms with Gasteiger partial charge in [0, 0.05) is 22.3 Å². The van der Waals surface area contributed by atoms with Gasteiger partial charge < -0.3 is 5.32 Å². The fourth-order valence-electron chi connectivity index (χ4n) is 2.39. The van der Waals surface area contributed by atoms with Crippen molar-refractivity contribution in [2.45, 2.75) is 12.2 Å². The lowest BCUT2D eigenvalue weighted by atomic mass is 10.2. The molecule has 2 rings (SSSR count). The molecule has 9 heteroatoms. The summed E-state index contributed by atoms with van der Waals surface area (Å²) in [5.41, 5.74) is 1.56. The first-order chi connectivity index (χ1) is 13.3. The van der Waals surface area contributed by atoms with E-state index in [-0.39, 0.29) is 12.5 Å². The molecule has 2 aromatic carbocycles. The first-order valence-corrected chi connectivity index (χ1v) is 12.3. The van der Waals surface area contributed by atoms with Crippen LogP contribution in [-0.2, 0) is 20.6 Å². The van der Waals surface area contributed by atoms with E-state index in [1.165, 1.54) is 11.6 Å². The molecule has 0 atom stereocenters. The quantitative estimate of drug-likeness (QED) is 0.539. The monoisotopic (exact) mass is 460 g/mol. The number of hydrogen-bond acceptors (Lipinski definition) is 4. The van der Waals surface area contributed by atoms with E-state index >= 15 is 0 Å². The third-order valence-corrected chi connectivity index (χ3v) is 6.50. The third-order valence-electron chi connectivity index (χ3n) is 3.75. The number of carbonyl (C=O) groups is 1. The highest BCUT2D eigenvalue weighted by molar-refractivity contribution is 7.98. The van der Waals surface area contributed by atoms with Gasteiger partial charge in [-0.15, -0.1) is 0 Å². The fourth-order valence-corrected chi connectivity index (χ4v) is 4.47. The summed E-state index contributed by atoms with van der Waals surface area (Å²) in [6, 6.07) is 14.1. The summed E-state index contributed by atoms with van der Waals surface area (Å²) in [7, 11) is -3.60.